The first-order valence-electron chi connectivity index (χ1n) is 4.96. The van der Waals surface area contributed by atoms with Crippen LogP contribution in [0.3, 0.4) is 0 Å². The van der Waals surface area contributed by atoms with Gasteiger partial charge in [-0.05, 0) is 6.07 Å². The van der Waals surface area contributed by atoms with E-state index in [0.717, 1.165) is 22.2 Å². The molecule has 1 aromatic carbocycles. The predicted molar refractivity (Wildman–Crippen MR) is 63.7 cm³/mol. The second-order valence-corrected chi connectivity index (χ2v) is 3.54. The van der Waals surface area contributed by atoms with Crippen molar-refractivity contribution in [2.45, 2.75) is 0 Å². The van der Waals surface area contributed by atoms with Crippen molar-refractivity contribution >= 4 is 16.9 Å². The van der Waals surface area contributed by atoms with E-state index in [1.165, 1.54) is 0 Å². The van der Waals surface area contributed by atoms with Gasteiger partial charge in [-0.2, -0.15) is 0 Å². The molecule has 0 unspecified atom stereocenters. The Kier molecular flexibility index (Phi) is 1.91. The third-order valence-electron chi connectivity index (χ3n) is 2.59. The molecule has 5 nitrogen and oxygen atoms in total. The minimum Gasteiger partial charge on any atom is -0.360 e. The highest BCUT2D eigenvalue weighted by Crippen LogP contribution is 2.27. The molecular weight excluding hydrogens is 202 g/mol. The fraction of sp³-hybridized carbons (Fsp3) is 0. The molecule has 5 heteroatoms. The van der Waals surface area contributed by atoms with Gasteiger partial charge in [0.25, 0.3) is 0 Å². The maximum absolute atomic E-state index is 5.28. The maximum atomic E-state index is 5.28. The molecule has 2 heterocycles. The van der Waals surface area contributed by atoms with Gasteiger partial charge in [-0.1, -0.05) is 18.2 Å². The van der Waals surface area contributed by atoms with Gasteiger partial charge in [0.05, 0.1) is 11.9 Å². The van der Waals surface area contributed by atoms with Crippen molar-refractivity contribution in [3.8, 4) is 11.3 Å². The van der Waals surface area contributed by atoms with E-state index in [2.05, 4.69) is 26.4 Å². The van der Waals surface area contributed by atoms with Crippen molar-refractivity contribution in [1.29, 1.82) is 0 Å². The van der Waals surface area contributed by atoms with Gasteiger partial charge in [-0.3, -0.25) is 5.43 Å². The van der Waals surface area contributed by atoms with Crippen LogP contribution in [0.2, 0.25) is 0 Å². The number of nitrogen functional groups attached to an aromatic ring is 1. The van der Waals surface area contributed by atoms with Crippen LogP contribution in [-0.2, 0) is 0 Å². The summed E-state index contributed by atoms with van der Waals surface area (Å²) >= 11 is 0. The highest BCUT2D eigenvalue weighted by Gasteiger charge is 2.07. The smallest absolute Gasteiger partial charge is 0.215 e. The second kappa shape index (κ2) is 3.39. The molecule has 80 valence electrons. The van der Waals surface area contributed by atoms with Gasteiger partial charge in [0.15, 0.2) is 0 Å². The molecule has 3 rings (SSSR count). The standard InChI is InChI=1S/C11H11N5/c12-16-11-14-6-10(15-11)8-5-13-9-4-2-1-3-7(8)9/h1-6,13H,12H2,(H2,14,15,16). The first-order chi connectivity index (χ1) is 7.88. The summed E-state index contributed by atoms with van der Waals surface area (Å²) in [5.74, 6) is 5.83. The van der Waals surface area contributed by atoms with Crippen LogP contribution in [0.1, 0.15) is 0 Å². The average molecular weight is 213 g/mol. The van der Waals surface area contributed by atoms with Crippen LogP contribution in [0, 0.1) is 0 Å². The number of benzene rings is 1. The summed E-state index contributed by atoms with van der Waals surface area (Å²) < 4.78 is 0. The van der Waals surface area contributed by atoms with Gasteiger partial charge in [0.1, 0.15) is 0 Å². The Balaban J connectivity index is 2.18. The summed E-state index contributed by atoms with van der Waals surface area (Å²) in [7, 11) is 0. The number of nitrogens with zero attached hydrogens (tertiary/aromatic N) is 1. The Bertz CT molecular complexity index is 622. The lowest BCUT2D eigenvalue weighted by molar-refractivity contribution is 1.20. The quantitative estimate of drug-likeness (QED) is 0.387. The van der Waals surface area contributed by atoms with E-state index in [-0.39, 0.29) is 0 Å². The van der Waals surface area contributed by atoms with Crippen molar-refractivity contribution in [2.75, 3.05) is 5.43 Å². The lowest BCUT2D eigenvalue weighted by Crippen LogP contribution is -2.07. The van der Waals surface area contributed by atoms with Crippen LogP contribution < -0.4 is 11.3 Å². The average Bonchev–Trinajstić information content (AvgIpc) is 2.94. The minimum atomic E-state index is 0.556. The van der Waals surface area contributed by atoms with Crippen LogP contribution in [0.4, 0.5) is 5.95 Å². The number of fused-ring (bicyclic) bond motifs is 1. The maximum Gasteiger partial charge on any atom is 0.215 e. The number of hydrogen-bond donors (Lipinski definition) is 4. The van der Waals surface area contributed by atoms with E-state index in [4.69, 9.17) is 5.84 Å². The van der Waals surface area contributed by atoms with Gasteiger partial charge < -0.3 is 9.97 Å². The third kappa shape index (κ3) is 1.26. The molecule has 0 aliphatic heterocycles. The number of imidazole rings is 1. The molecule has 5 N–H and O–H groups in total. The van der Waals surface area contributed by atoms with Crippen LogP contribution in [0.5, 0.6) is 0 Å². The van der Waals surface area contributed by atoms with Gasteiger partial charge >= 0.3 is 0 Å². The van der Waals surface area contributed by atoms with Gasteiger partial charge in [0, 0.05) is 22.7 Å². The Hall–Kier alpha value is -2.27. The number of hydrogen-bond acceptors (Lipinski definition) is 3. The van der Waals surface area contributed by atoms with Crippen LogP contribution in [0.25, 0.3) is 22.2 Å². The molecule has 0 atom stereocenters. The number of nitrogens with one attached hydrogen (secondary N) is 3. The zero-order valence-electron chi connectivity index (χ0n) is 8.49. The molecule has 0 bridgehead atoms. The molecule has 0 amide bonds. The topological polar surface area (TPSA) is 82.5 Å². The van der Waals surface area contributed by atoms with Gasteiger partial charge in [-0.15, -0.1) is 0 Å². The fourth-order valence-electron chi connectivity index (χ4n) is 1.83. The summed E-state index contributed by atoms with van der Waals surface area (Å²) in [4.78, 5) is 10.4. The van der Waals surface area contributed by atoms with E-state index in [1.807, 2.05) is 24.4 Å². The van der Waals surface area contributed by atoms with Crippen LogP contribution >= 0.6 is 0 Å². The molecule has 0 aliphatic carbocycles. The normalized spacial score (nSPS) is 10.8. The number of para-hydroxylation sites is 1. The van der Waals surface area contributed by atoms with Crippen molar-refractivity contribution < 1.29 is 0 Å². The Morgan fingerprint density at radius 1 is 1.25 bits per heavy atom. The molecule has 0 spiro atoms. The van der Waals surface area contributed by atoms with Crippen molar-refractivity contribution in [2.24, 2.45) is 5.84 Å². The number of aromatic amines is 2. The summed E-state index contributed by atoms with van der Waals surface area (Å²) in [5.41, 5.74) is 5.61. The zero-order chi connectivity index (χ0) is 11.0. The summed E-state index contributed by atoms with van der Waals surface area (Å²) in [6.45, 7) is 0. The third-order valence-corrected chi connectivity index (χ3v) is 2.59. The van der Waals surface area contributed by atoms with E-state index < -0.39 is 0 Å². The SMILES string of the molecule is NNc1ncc(-c2c[nH]c3ccccc23)[nH]1. The molecule has 0 saturated heterocycles. The summed E-state index contributed by atoms with van der Waals surface area (Å²) in [6, 6.07) is 8.12. The highest BCUT2D eigenvalue weighted by molar-refractivity contribution is 5.94. The minimum absolute atomic E-state index is 0.556. The van der Waals surface area contributed by atoms with E-state index >= 15 is 0 Å². The van der Waals surface area contributed by atoms with E-state index in [9.17, 15) is 0 Å². The Morgan fingerprint density at radius 3 is 2.94 bits per heavy atom. The lowest BCUT2D eigenvalue weighted by atomic mass is 10.1. The molecular formula is C11H11N5. The number of hydrazine groups is 1. The molecule has 3 aromatic rings. The first kappa shape index (κ1) is 8.99. The Labute approximate surface area is 91.7 Å². The Morgan fingerprint density at radius 2 is 2.12 bits per heavy atom. The van der Waals surface area contributed by atoms with E-state index in [0.29, 0.717) is 5.95 Å². The first-order valence-corrected chi connectivity index (χ1v) is 4.96. The van der Waals surface area contributed by atoms with Crippen molar-refractivity contribution in [3.05, 3.63) is 36.7 Å². The molecule has 0 saturated carbocycles. The van der Waals surface area contributed by atoms with Gasteiger partial charge in [-0.25, -0.2) is 10.8 Å². The number of H-pyrrole nitrogens is 2. The van der Waals surface area contributed by atoms with Crippen molar-refractivity contribution in [3.63, 3.8) is 0 Å². The highest BCUT2D eigenvalue weighted by atomic mass is 15.3. The molecule has 0 radical (unpaired) electrons. The monoisotopic (exact) mass is 213 g/mol. The summed E-state index contributed by atoms with van der Waals surface area (Å²) in [6.07, 6.45) is 3.71. The van der Waals surface area contributed by atoms with Crippen LogP contribution in [-0.4, -0.2) is 15.0 Å². The predicted octanol–water partition coefficient (Wildman–Crippen LogP) is 1.84. The number of nitrogens with two attached hydrogens (primary N) is 1. The molecule has 0 fully saturated rings. The summed E-state index contributed by atoms with van der Waals surface area (Å²) in [5, 5.41) is 1.16. The number of rotatable bonds is 2. The number of anilines is 1. The lowest BCUT2D eigenvalue weighted by Gasteiger charge is -1.94. The van der Waals surface area contributed by atoms with Gasteiger partial charge in [0.2, 0.25) is 5.95 Å². The zero-order valence-corrected chi connectivity index (χ0v) is 8.49. The van der Waals surface area contributed by atoms with Crippen LogP contribution in [0.15, 0.2) is 36.7 Å². The molecule has 16 heavy (non-hydrogen) atoms. The van der Waals surface area contributed by atoms with E-state index in [1.54, 1.807) is 6.20 Å². The largest absolute Gasteiger partial charge is 0.360 e. The number of aromatic nitrogens is 3. The fourth-order valence-corrected chi connectivity index (χ4v) is 1.83. The molecule has 0 aliphatic rings. The van der Waals surface area contributed by atoms with Crippen molar-refractivity contribution in [1.82, 2.24) is 15.0 Å². The second-order valence-electron chi connectivity index (χ2n) is 3.54. The molecule has 2 aromatic heterocycles.